The van der Waals surface area contributed by atoms with E-state index in [1.807, 2.05) is 37.3 Å². The molecule has 1 heterocycles. The van der Waals surface area contributed by atoms with Crippen molar-refractivity contribution in [3.8, 4) is 0 Å². The number of halogens is 1. The van der Waals surface area contributed by atoms with Gasteiger partial charge in [0.1, 0.15) is 11.7 Å². The molecule has 2 rings (SSSR count). The van der Waals surface area contributed by atoms with Crippen LogP contribution in [0.15, 0.2) is 39.9 Å². The highest BCUT2D eigenvalue weighted by molar-refractivity contribution is 6.29. The summed E-state index contributed by atoms with van der Waals surface area (Å²) >= 11 is 5.63. The molecule has 0 saturated heterocycles. The highest BCUT2D eigenvalue weighted by Crippen LogP contribution is 2.18. The molecule has 24 heavy (non-hydrogen) atoms. The molecule has 0 radical (unpaired) electrons. The fourth-order valence-electron chi connectivity index (χ4n) is 2.42. The number of nitrogens with zero attached hydrogens (tertiary/aromatic N) is 2. The second-order valence-electron chi connectivity index (χ2n) is 5.24. The second kappa shape index (κ2) is 7.83. The Morgan fingerprint density at radius 2 is 1.96 bits per heavy atom. The number of H-pyrrole nitrogens is 1. The highest BCUT2D eigenvalue weighted by atomic mass is 35.5. The van der Waals surface area contributed by atoms with Gasteiger partial charge in [0.05, 0.1) is 6.54 Å². The van der Waals surface area contributed by atoms with Crippen molar-refractivity contribution >= 4 is 29.0 Å². The number of hydrogen-bond acceptors (Lipinski definition) is 4. The molecule has 7 nitrogen and oxygen atoms in total. The number of aromatic nitrogens is 2. The Hall–Kier alpha value is -2.54. The minimum atomic E-state index is -0.700. The number of rotatable bonds is 6. The molecule has 0 atom stereocenters. The third-order valence-corrected chi connectivity index (χ3v) is 3.76. The van der Waals surface area contributed by atoms with Crippen LogP contribution in [0.2, 0.25) is 0 Å². The maximum Gasteiger partial charge on any atom is 0.330 e. The summed E-state index contributed by atoms with van der Waals surface area (Å²) < 4.78 is 1.23. The van der Waals surface area contributed by atoms with E-state index in [1.165, 1.54) is 9.47 Å². The van der Waals surface area contributed by atoms with Crippen LogP contribution in [0.25, 0.3) is 0 Å². The van der Waals surface area contributed by atoms with Gasteiger partial charge in [0.2, 0.25) is 5.91 Å². The van der Waals surface area contributed by atoms with Gasteiger partial charge in [0, 0.05) is 6.54 Å². The topological polar surface area (TPSA) is 101 Å². The van der Waals surface area contributed by atoms with Gasteiger partial charge >= 0.3 is 5.69 Å². The zero-order chi connectivity index (χ0) is 17.7. The van der Waals surface area contributed by atoms with Crippen molar-refractivity contribution in [1.82, 2.24) is 9.55 Å². The highest BCUT2D eigenvalue weighted by Gasteiger charge is 2.23. The van der Waals surface area contributed by atoms with Gasteiger partial charge in [-0.25, -0.2) is 4.79 Å². The lowest BCUT2D eigenvalue weighted by Crippen LogP contribution is -2.42. The number of alkyl halides is 1. The summed E-state index contributed by atoms with van der Waals surface area (Å²) in [5.41, 5.74) is 5.54. The minimum Gasteiger partial charge on any atom is -0.383 e. The lowest BCUT2D eigenvalue weighted by molar-refractivity contribution is -0.116. The molecule has 128 valence electrons. The van der Waals surface area contributed by atoms with Gasteiger partial charge in [0.15, 0.2) is 5.69 Å². The molecule has 0 aliphatic carbocycles. The maximum absolute atomic E-state index is 12.2. The normalized spacial score (nSPS) is 10.6. The fraction of sp³-hybridized carbons (Fsp3) is 0.312. The first-order valence-electron chi connectivity index (χ1n) is 7.52. The van der Waals surface area contributed by atoms with Crippen LogP contribution in [0.4, 0.5) is 11.5 Å². The Morgan fingerprint density at radius 1 is 1.29 bits per heavy atom. The zero-order valence-electron chi connectivity index (χ0n) is 13.3. The summed E-state index contributed by atoms with van der Waals surface area (Å²) in [6, 6.07) is 9.21. The molecule has 0 fully saturated rings. The average molecular weight is 351 g/mol. The zero-order valence-corrected chi connectivity index (χ0v) is 14.0. The molecule has 2 aromatic rings. The molecular formula is C16H19ClN4O3. The summed E-state index contributed by atoms with van der Waals surface area (Å²) in [6.07, 6.45) is 0.610. The monoisotopic (exact) mass is 350 g/mol. The second-order valence-corrected chi connectivity index (χ2v) is 5.51. The number of nitrogens with one attached hydrogen (secondary N) is 1. The lowest BCUT2D eigenvalue weighted by atomic mass is 10.2. The van der Waals surface area contributed by atoms with Gasteiger partial charge in [0.25, 0.3) is 5.56 Å². The van der Waals surface area contributed by atoms with Gasteiger partial charge in [-0.05, 0) is 12.0 Å². The molecule has 0 unspecified atom stereocenters. The van der Waals surface area contributed by atoms with Crippen molar-refractivity contribution in [1.29, 1.82) is 0 Å². The van der Waals surface area contributed by atoms with E-state index in [9.17, 15) is 14.4 Å². The van der Waals surface area contributed by atoms with Gasteiger partial charge in [-0.1, -0.05) is 37.3 Å². The van der Waals surface area contributed by atoms with Crippen molar-refractivity contribution in [3.63, 3.8) is 0 Å². The smallest absolute Gasteiger partial charge is 0.330 e. The third-order valence-electron chi connectivity index (χ3n) is 3.53. The van der Waals surface area contributed by atoms with Crippen LogP contribution < -0.4 is 21.9 Å². The van der Waals surface area contributed by atoms with Crippen molar-refractivity contribution in [2.75, 3.05) is 23.1 Å². The number of nitrogen functional groups attached to an aromatic ring is 1. The first kappa shape index (κ1) is 17.8. The van der Waals surface area contributed by atoms with Crippen molar-refractivity contribution < 1.29 is 4.79 Å². The number of nitrogens with two attached hydrogens (primary N) is 1. The van der Waals surface area contributed by atoms with E-state index in [4.69, 9.17) is 17.3 Å². The van der Waals surface area contributed by atoms with E-state index in [0.29, 0.717) is 6.42 Å². The van der Waals surface area contributed by atoms with Crippen LogP contribution in [-0.2, 0) is 11.3 Å². The predicted molar refractivity (Wildman–Crippen MR) is 94.6 cm³/mol. The van der Waals surface area contributed by atoms with Gasteiger partial charge in [-0.3, -0.25) is 19.1 Å². The van der Waals surface area contributed by atoms with Crippen LogP contribution in [-0.4, -0.2) is 27.9 Å². The van der Waals surface area contributed by atoms with E-state index >= 15 is 0 Å². The van der Waals surface area contributed by atoms with Crippen molar-refractivity contribution in [2.45, 2.75) is 19.9 Å². The number of aromatic amines is 1. The average Bonchev–Trinajstić information content (AvgIpc) is 2.58. The molecule has 0 aliphatic heterocycles. The molecule has 1 aromatic carbocycles. The largest absolute Gasteiger partial charge is 0.383 e. The van der Waals surface area contributed by atoms with Gasteiger partial charge < -0.3 is 10.6 Å². The summed E-state index contributed by atoms with van der Waals surface area (Å²) in [5, 5.41) is 0. The Balaban J connectivity index is 2.57. The first-order chi connectivity index (χ1) is 11.5. The molecule has 0 saturated carbocycles. The summed E-state index contributed by atoms with van der Waals surface area (Å²) in [4.78, 5) is 39.9. The Labute approximate surface area is 143 Å². The number of amides is 1. The Bertz CT molecular complexity index is 829. The standard InChI is InChI=1S/C16H19ClN4O3/c1-2-8-20(12(22)9-17)13-14(18)21(16(24)19-15(13)23)10-11-6-4-3-5-7-11/h3-7H,2,8-10,18H2,1H3,(H,19,23,24). The van der Waals surface area contributed by atoms with E-state index in [2.05, 4.69) is 4.98 Å². The summed E-state index contributed by atoms with van der Waals surface area (Å²) in [5.74, 6) is -0.781. The molecule has 3 N–H and O–H groups in total. The van der Waals surface area contributed by atoms with Gasteiger partial charge in [-0.15, -0.1) is 11.6 Å². The number of anilines is 2. The van der Waals surface area contributed by atoms with Crippen LogP contribution >= 0.6 is 11.6 Å². The number of benzene rings is 1. The fourth-order valence-corrected chi connectivity index (χ4v) is 2.56. The third kappa shape index (κ3) is 3.68. The molecular weight excluding hydrogens is 332 g/mol. The number of carbonyl (C=O) groups excluding carboxylic acids is 1. The van der Waals surface area contributed by atoms with Crippen LogP contribution in [0.1, 0.15) is 18.9 Å². The van der Waals surface area contributed by atoms with Crippen molar-refractivity contribution in [3.05, 3.63) is 56.7 Å². The maximum atomic E-state index is 12.2. The Morgan fingerprint density at radius 3 is 2.54 bits per heavy atom. The molecule has 8 heteroatoms. The molecule has 0 bridgehead atoms. The predicted octanol–water partition coefficient (Wildman–Crippen LogP) is 1.15. The van der Waals surface area contributed by atoms with E-state index in [0.717, 1.165) is 5.56 Å². The molecule has 0 spiro atoms. The first-order valence-corrected chi connectivity index (χ1v) is 8.05. The lowest BCUT2D eigenvalue weighted by Gasteiger charge is -2.23. The SMILES string of the molecule is CCCN(C(=O)CCl)c1c(N)n(Cc2ccccc2)c(=O)[nH]c1=O. The number of hydrogen-bond donors (Lipinski definition) is 2. The minimum absolute atomic E-state index is 0.0435. The summed E-state index contributed by atoms with van der Waals surface area (Å²) in [6.45, 7) is 2.32. The van der Waals surface area contributed by atoms with E-state index in [-0.39, 0.29) is 30.5 Å². The van der Waals surface area contributed by atoms with E-state index in [1.54, 1.807) is 0 Å². The van der Waals surface area contributed by atoms with Gasteiger partial charge in [-0.2, -0.15) is 0 Å². The van der Waals surface area contributed by atoms with Crippen LogP contribution in [0, 0.1) is 0 Å². The van der Waals surface area contributed by atoms with Crippen LogP contribution in [0.3, 0.4) is 0 Å². The number of carbonyl (C=O) groups is 1. The molecule has 1 aromatic heterocycles. The van der Waals surface area contributed by atoms with Crippen molar-refractivity contribution in [2.24, 2.45) is 0 Å². The quantitative estimate of drug-likeness (QED) is 0.763. The van der Waals surface area contributed by atoms with Crippen LogP contribution in [0.5, 0.6) is 0 Å². The molecule has 1 amide bonds. The van der Waals surface area contributed by atoms with E-state index < -0.39 is 17.2 Å². The summed E-state index contributed by atoms with van der Waals surface area (Å²) in [7, 11) is 0. The molecule has 0 aliphatic rings. The Kier molecular flexibility index (Phi) is 5.81.